The Labute approximate surface area is 90.0 Å². The van der Waals surface area contributed by atoms with Crippen LogP contribution in [-0.2, 0) is 0 Å². The van der Waals surface area contributed by atoms with E-state index in [1.54, 1.807) is 0 Å². The molecule has 0 aromatic heterocycles. The van der Waals surface area contributed by atoms with Crippen molar-refractivity contribution in [2.24, 2.45) is 5.84 Å². The average Bonchev–Trinajstić information content (AvgIpc) is 2.17. The highest BCUT2D eigenvalue weighted by Gasteiger charge is 2.09. The highest BCUT2D eigenvalue weighted by Crippen LogP contribution is 2.20. The number of hydrogen-bond acceptors (Lipinski definition) is 3. The van der Waals surface area contributed by atoms with Crippen LogP contribution in [-0.4, -0.2) is 17.1 Å². The van der Waals surface area contributed by atoms with Crippen molar-refractivity contribution in [1.82, 2.24) is 5.43 Å². The van der Waals surface area contributed by atoms with Crippen LogP contribution >= 0.6 is 11.6 Å². The summed E-state index contributed by atoms with van der Waals surface area (Å²) in [6, 6.07) is 3.40. The number of rotatable bonds is 2. The Morgan fingerprint density at radius 2 is 2.07 bits per heavy atom. The Morgan fingerprint density at radius 1 is 1.40 bits per heavy atom. The Bertz CT molecular complexity index is 408. The van der Waals surface area contributed by atoms with Crippen LogP contribution in [0.2, 0.25) is 5.02 Å². The van der Waals surface area contributed by atoms with Gasteiger partial charge in [-0.3, -0.25) is 5.43 Å². The monoisotopic (exact) mass is 229 g/mol. The number of aromatic carboxylic acids is 1. The lowest BCUT2D eigenvalue weighted by molar-refractivity contribution is 0.0697. The number of nitrogens with two attached hydrogens (primary N) is 1. The van der Waals surface area contributed by atoms with Gasteiger partial charge in [0.05, 0.1) is 10.6 Å². The first-order valence-corrected chi connectivity index (χ1v) is 4.23. The maximum absolute atomic E-state index is 10.8. The summed E-state index contributed by atoms with van der Waals surface area (Å²) in [5.41, 5.74) is 2.18. The zero-order valence-electron chi connectivity index (χ0n) is 7.45. The van der Waals surface area contributed by atoms with E-state index in [0.717, 1.165) is 0 Å². The number of halogens is 1. The van der Waals surface area contributed by atoms with Gasteiger partial charge in [-0.05, 0) is 18.2 Å². The van der Waals surface area contributed by atoms with Gasteiger partial charge in [-0.1, -0.05) is 11.6 Å². The van der Waals surface area contributed by atoms with E-state index >= 15 is 0 Å². The Kier molecular flexibility index (Phi) is 3.48. The van der Waals surface area contributed by atoms with Crippen molar-refractivity contribution < 1.29 is 14.7 Å². The van der Waals surface area contributed by atoms with Gasteiger partial charge in [-0.25, -0.2) is 15.4 Å². The zero-order chi connectivity index (χ0) is 11.4. The molecule has 0 radical (unpaired) electrons. The third kappa shape index (κ3) is 2.83. The quantitative estimate of drug-likeness (QED) is 0.345. The number of carbonyl (C=O) groups excluding carboxylic acids is 1. The molecular formula is C8H8ClN3O3. The van der Waals surface area contributed by atoms with Gasteiger partial charge in [0.15, 0.2) is 0 Å². The zero-order valence-corrected chi connectivity index (χ0v) is 8.21. The number of hydrazine groups is 1. The summed E-state index contributed by atoms with van der Waals surface area (Å²) in [4.78, 5) is 21.4. The van der Waals surface area contributed by atoms with Crippen LogP contribution in [0.15, 0.2) is 18.2 Å². The van der Waals surface area contributed by atoms with Crippen molar-refractivity contribution in [2.45, 2.75) is 0 Å². The number of carboxylic acid groups (broad SMARTS) is 1. The highest BCUT2D eigenvalue weighted by molar-refractivity contribution is 6.33. The van der Waals surface area contributed by atoms with Crippen molar-refractivity contribution in [2.75, 3.05) is 5.32 Å². The fourth-order valence-electron chi connectivity index (χ4n) is 0.933. The number of carbonyl (C=O) groups is 2. The molecule has 0 aliphatic rings. The lowest BCUT2D eigenvalue weighted by atomic mass is 10.2. The predicted octanol–water partition coefficient (Wildman–Crippen LogP) is 1.03. The van der Waals surface area contributed by atoms with E-state index < -0.39 is 12.0 Å². The minimum Gasteiger partial charge on any atom is -0.478 e. The number of hydrogen-bond donors (Lipinski definition) is 4. The largest absolute Gasteiger partial charge is 0.478 e. The fourth-order valence-corrected chi connectivity index (χ4v) is 1.19. The second kappa shape index (κ2) is 4.63. The minimum atomic E-state index is -1.13. The second-order valence-corrected chi connectivity index (χ2v) is 3.01. The van der Waals surface area contributed by atoms with E-state index in [4.69, 9.17) is 22.6 Å². The molecule has 0 fully saturated rings. The smallest absolute Gasteiger partial charge is 0.337 e. The average molecular weight is 230 g/mol. The normalized spacial score (nSPS) is 9.47. The summed E-state index contributed by atoms with van der Waals surface area (Å²) < 4.78 is 0. The molecular weight excluding hydrogens is 222 g/mol. The first-order valence-electron chi connectivity index (χ1n) is 3.85. The molecule has 1 rings (SSSR count). The standard InChI is InChI=1S/C8H8ClN3O3/c9-6-3-4(11-8(15)12-10)1-2-5(6)7(13)14/h1-3H,10H2,(H,13,14)(H2,11,12,15). The van der Waals surface area contributed by atoms with E-state index in [1.165, 1.54) is 18.2 Å². The van der Waals surface area contributed by atoms with Gasteiger partial charge >= 0.3 is 12.0 Å². The topological polar surface area (TPSA) is 104 Å². The van der Waals surface area contributed by atoms with E-state index in [2.05, 4.69) is 5.32 Å². The van der Waals surface area contributed by atoms with Crippen LogP contribution in [0.25, 0.3) is 0 Å². The SMILES string of the molecule is NNC(=O)Nc1ccc(C(=O)O)c(Cl)c1. The number of urea groups is 1. The maximum atomic E-state index is 10.8. The Morgan fingerprint density at radius 3 is 2.53 bits per heavy atom. The molecule has 0 spiro atoms. The van der Waals surface area contributed by atoms with E-state index in [0.29, 0.717) is 5.69 Å². The van der Waals surface area contributed by atoms with Crippen LogP contribution in [0.5, 0.6) is 0 Å². The minimum absolute atomic E-state index is 0.0321. The van der Waals surface area contributed by atoms with Crippen LogP contribution < -0.4 is 16.6 Å². The molecule has 0 saturated heterocycles. The lowest BCUT2D eigenvalue weighted by Crippen LogP contribution is -2.34. The summed E-state index contributed by atoms with van der Waals surface area (Å²) in [5, 5.41) is 11.1. The molecule has 0 heterocycles. The van der Waals surface area contributed by atoms with Gasteiger partial charge in [0.1, 0.15) is 0 Å². The molecule has 2 amide bonds. The number of carboxylic acids is 1. The molecule has 0 saturated carbocycles. The molecule has 0 atom stereocenters. The van der Waals surface area contributed by atoms with Crippen LogP contribution in [0.1, 0.15) is 10.4 Å². The van der Waals surface area contributed by atoms with Crippen LogP contribution in [0.3, 0.4) is 0 Å². The van der Waals surface area contributed by atoms with E-state index in [9.17, 15) is 9.59 Å². The van der Waals surface area contributed by atoms with Crippen LogP contribution in [0, 0.1) is 0 Å². The number of anilines is 1. The second-order valence-electron chi connectivity index (χ2n) is 2.60. The molecule has 0 aliphatic heterocycles. The van der Waals surface area contributed by atoms with Crippen LogP contribution in [0.4, 0.5) is 10.5 Å². The number of nitrogens with one attached hydrogen (secondary N) is 2. The lowest BCUT2D eigenvalue weighted by Gasteiger charge is -2.05. The molecule has 6 nitrogen and oxygen atoms in total. The summed E-state index contributed by atoms with van der Waals surface area (Å²) in [7, 11) is 0. The van der Waals surface area contributed by atoms with Gasteiger partial charge < -0.3 is 10.4 Å². The molecule has 0 aliphatic carbocycles. The number of amides is 2. The molecule has 1 aromatic rings. The molecule has 80 valence electrons. The van der Waals surface area contributed by atoms with Gasteiger partial charge in [0.2, 0.25) is 0 Å². The van der Waals surface area contributed by atoms with E-state index in [1.807, 2.05) is 5.43 Å². The van der Waals surface area contributed by atoms with Gasteiger partial charge in [0, 0.05) is 5.69 Å². The maximum Gasteiger partial charge on any atom is 0.337 e. The van der Waals surface area contributed by atoms with Gasteiger partial charge in [-0.15, -0.1) is 0 Å². The molecule has 5 N–H and O–H groups in total. The first kappa shape index (κ1) is 11.3. The fraction of sp³-hybridized carbons (Fsp3) is 0. The van der Waals surface area contributed by atoms with Crippen molar-refractivity contribution in [1.29, 1.82) is 0 Å². The van der Waals surface area contributed by atoms with Gasteiger partial charge in [0.25, 0.3) is 0 Å². The molecule has 1 aromatic carbocycles. The summed E-state index contributed by atoms with van der Waals surface area (Å²) >= 11 is 5.67. The number of benzene rings is 1. The summed E-state index contributed by atoms with van der Waals surface area (Å²) in [5.74, 6) is 3.72. The molecule has 7 heteroatoms. The molecule has 0 bridgehead atoms. The molecule has 0 unspecified atom stereocenters. The highest BCUT2D eigenvalue weighted by atomic mass is 35.5. The van der Waals surface area contributed by atoms with Crippen molar-refractivity contribution in [3.05, 3.63) is 28.8 Å². The molecule has 15 heavy (non-hydrogen) atoms. The first-order chi connectivity index (χ1) is 7.04. The van der Waals surface area contributed by atoms with Crippen molar-refractivity contribution >= 4 is 29.3 Å². The van der Waals surface area contributed by atoms with E-state index in [-0.39, 0.29) is 10.6 Å². The van der Waals surface area contributed by atoms with Crippen molar-refractivity contribution in [3.63, 3.8) is 0 Å². The summed E-state index contributed by atoms with van der Waals surface area (Å²) in [6.07, 6.45) is 0. The third-order valence-electron chi connectivity index (χ3n) is 1.59. The van der Waals surface area contributed by atoms with Crippen molar-refractivity contribution in [3.8, 4) is 0 Å². The third-order valence-corrected chi connectivity index (χ3v) is 1.90. The predicted molar refractivity (Wildman–Crippen MR) is 54.8 cm³/mol. The Balaban J connectivity index is 2.91. The van der Waals surface area contributed by atoms with Gasteiger partial charge in [-0.2, -0.15) is 0 Å². The summed E-state index contributed by atoms with van der Waals surface area (Å²) in [6.45, 7) is 0. The Hall–Kier alpha value is -1.79.